The molecule has 2 nitrogen and oxygen atoms in total. The Kier molecular flexibility index (Phi) is 4.50. The molecule has 66 valence electrons. The molecular weight excluding hydrogens is 162 g/mol. The Hall–Kier alpha value is -0.240. The van der Waals surface area contributed by atoms with Gasteiger partial charge in [-0.3, -0.25) is 4.79 Å². The van der Waals surface area contributed by atoms with Gasteiger partial charge < -0.3 is 5.73 Å². The first-order chi connectivity index (χ1) is 4.72. The lowest BCUT2D eigenvalue weighted by atomic mass is 9.80. The molecule has 1 amide bonds. The number of amides is 1. The fourth-order valence-corrected chi connectivity index (χ4v) is 1.74. The summed E-state index contributed by atoms with van der Waals surface area (Å²) in [6, 6.07) is 0. The zero-order chi connectivity index (χ0) is 7.56. The Bertz CT molecular complexity index is 138. The number of carbonyl (C=O) groups excluding carboxylic acids is 1. The predicted molar refractivity (Wildman–Crippen MR) is 47.6 cm³/mol. The molecule has 11 heavy (non-hydrogen) atoms. The van der Waals surface area contributed by atoms with Crippen LogP contribution < -0.4 is 5.73 Å². The van der Waals surface area contributed by atoms with Crippen molar-refractivity contribution >= 4 is 18.3 Å². The van der Waals surface area contributed by atoms with E-state index in [0.717, 1.165) is 6.42 Å². The Morgan fingerprint density at radius 3 is 2.27 bits per heavy atom. The third-order valence-corrected chi connectivity index (χ3v) is 2.48. The number of hydrogen-bond acceptors (Lipinski definition) is 1. The van der Waals surface area contributed by atoms with Gasteiger partial charge in [-0.15, -0.1) is 12.4 Å². The molecule has 0 radical (unpaired) electrons. The van der Waals surface area contributed by atoms with E-state index in [-0.39, 0.29) is 24.2 Å². The summed E-state index contributed by atoms with van der Waals surface area (Å²) in [5, 5.41) is 0. The summed E-state index contributed by atoms with van der Waals surface area (Å²) >= 11 is 0. The van der Waals surface area contributed by atoms with Crippen LogP contribution in [0.5, 0.6) is 0 Å². The molecule has 0 spiro atoms. The lowest BCUT2D eigenvalue weighted by Gasteiger charge is -2.25. The van der Waals surface area contributed by atoms with Crippen LogP contribution in [0.2, 0.25) is 0 Å². The minimum atomic E-state index is -0.104. The van der Waals surface area contributed by atoms with Crippen molar-refractivity contribution in [3.05, 3.63) is 0 Å². The summed E-state index contributed by atoms with van der Waals surface area (Å²) < 4.78 is 0. The Morgan fingerprint density at radius 1 is 1.36 bits per heavy atom. The molecule has 1 rings (SSSR count). The van der Waals surface area contributed by atoms with Crippen molar-refractivity contribution < 1.29 is 4.79 Å². The van der Waals surface area contributed by atoms with Crippen LogP contribution in [0.15, 0.2) is 0 Å². The second kappa shape index (κ2) is 4.60. The second-order valence-electron chi connectivity index (χ2n) is 3.27. The van der Waals surface area contributed by atoms with E-state index >= 15 is 0 Å². The number of carbonyl (C=O) groups is 1. The minimum absolute atomic E-state index is 0. The summed E-state index contributed by atoms with van der Waals surface area (Å²) in [5.74, 6) is 0.576. The first-order valence-electron chi connectivity index (χ1n) is 4.01. The molecule has 0 heterocycles. The molecule has 1 saturated carbocycles. The molecule has 0 aliphatic heterocycles. The van der Waals surface area contributed by atoms with E-state index in [2.05, 4.69) is 6.92 Å². The third-order valence-electron chi connectivity index (χ3n) is 2.48. The maximum atomic E-state index is 10.8. The summed E-state index contributed by atoms with van der Waals surface area (Å²) in [4.78, 5) is 10.8. The van der Waals surface area contributed by atoms with Gasteiger partial charge in [0.2, 0.25) is 5.91 Å². The van der Waals surface area contributed by atoms with Crippen LogP contribution in [0.25, 0.3) is 0 Å². The molecule has 0 saturated heterocycles. The van der Waals surface area contributed by atoms with E-state index in [1.54, 1.807) is 0 Å². The van der Waals surface area contributed by atoms with Crippen LogP contribution >= 0.6 is 12.4 Å². The van der Waals surface area contributed by atoms with Gasteiger partial charge in [0.15, 0.2) is 0 Å². The van der Waals surface area contributed by atoms with E-state index in [9.17, 15) is 4.79 Å². The highest BCUT2D eigenvalue weighted by molar-refractivity contribution is 5.85. The zero-order valence-electron chi connectivity index (χ0n) is 6.88. The Balaban J connectivity index is 0.000001000. The van der Waals surface area contributed by atoms with Crippen molar-refractivity contribution in [2.75, 3.05) is 0 Å². The number of nitrogens with two attached hydrogens (primary N) is 1. The van der Waals surface area contributed by atoms with Crippen LogP contribution in [0.1, 0.15) is 32.6 Å². The van der Waals surface area contributed by atoms with Crippen molar-refractivity contribution in [1.29, 1.82) is 0 Å². The number of primary amides is 1. The molecule has 0 bridgehead atoms. The molecular formula is C8H16ClNO. The van der Waals surface area contributed by atoms with Crippen molar-refractivity contribution in [1.82, 2.24) is 0 Å². The molecule has 3 heteroatoms. The van der Waals surface area contributed by atoms with E-state index in [1.807, 2.05) is 0 Å². The molecule has 0 aromatic rings. The molecule has 1 fully saturated rings. The standard InChI is InChI=1S/C8H15NO.ClH/c1-6-4-2-3-5-7(6)8(9)10;/h6-7H,2-5H2,1H3,(H2,9,10);1H/t6-,7-;/m1./s1. The monoisotopic (exact) mass is 177 g/mol. The van der Waals surface area contributed by atoms with Crippen LogP contribution in [0.3, 0.4) is 0 Å². The highest BCUT2D eigenvalue weighted by atomic mass is 35.5. The van der Waals surface area contributed by atoms with Crippen molar-refractivity contribution in [2.45, 2.75) is 32.6 Å². The Labute approximate surface area is 73.9 Å². The van der Waals surface area contributed by atoms with Gasteiger partial charge in [0, 0.05) is 5.92 Å². The van der Waals surface area contributed by atoms with Crippen LogP contribution in [-0.2, 0) is 4.79 Å². The predicted octanol–water partition coefficient (Wildman–Crippen LogP) is 1.72. The SMILES string of the molecule is C[C@@H]1CCCC[C@H]1C(N)=O.Cl. The summed E-state index contributed by atoms with van der Waals surface area (Å²) in [5.41, 5.74) is 5.22. The molecule has 1 aliphatic rings. The minimum Gasteiger partial charge on any atom is -0.369 e. The third kappa shape index (κ3) is 2.70. The van der Waals surface area contributed by atoms with Crippen molar-refractivity contribution in [2.24, 2.45) is 17.6 Å². The van der Waals surface area contributed by atoms with Crippen LogP contribution in [-0.4, -0.2) is 5.91 Å². The van der Waals surface area contributed by atoms with Gasteiger partial charge in [-0.25, -0.2) is 0 Å². The van der Waals surface area contributed by atoms with Gasteiger partial charge >= 0.3 is 0 Å². The highest BCUT2D eigenvalue weighted by Crippen LogP contribution is 2.28. The van der Waals surface area contributed by atoms with Gasteiger partial charge in [-0.05, 0) is 18.8 Å². The average Bonchev–Trinajstić information content (AvgIpc) is 1.88. The fraction of sp³-hybridized carbons (Fsp3) is 0.875. The fourth-order valence-electron chi connectivity index (χ4n) is 1.74. The van der Waals surface area contributed by atoms with Gasteiger partial charge in [0.05, 0.1) is 0 Å². The zero-order valence-corrected chi connectivity index (χ0v) is 7.69. The van der Waals surface area contributed by atoms with E-state index in [4.69, 9.17) is 5.73 Å². The second-order valence-corrected chi connectivity index (χ2v) is 3.27. The normalized spacial score (nSPS) is 30.6. The number of halogens is 1. The highest BCUT2D eigenvalue weighted by Gasteiger charge is 2.25. The summed E-state index contributed by atoms with van der Waals surface area (Å²) in [6.07, 6.45) is 4.63. The van der Waals surface area contributed by atoms with Gasteiger partial charge in [0.25, 0.3) is 0 Å². The maximum Gasteiger partial charge on any atom is 0.220 e. The first-order valence-corrected chi connectivity index (χ1v) is 4.01. The lowest BCUT2D eigenvalue weighted by molar-refractivity contribution is -0.124. The molecule has 0 aromatic carbocycles. The topological polar surface area (TPSA) is 43.1 Å². The number of hydrogen-bond donors (Lipinski definition) is 1. The van der Waals surface area contributed by atoms with Crippen LogP contribution in [0.4, 0.5) is 0 Å². The Morgan fingerprint density at radius 2 is 1.91 bits per heavy atom. The van der Waals surface area contributed by atoms with Gasteiger partial charge in [0.1, 0.15) is 0 Å². The average molecular weight is 178 g/mol. The van der Waals surface area contributed by atoms with Gasteiger partial charge in [-0.2, -0.15) is 0 Å². The van der Waals surface area contributed by atoms with Crippen LogP contribution in [0, 0.1) is 11.8 Å². The largest absolute Gasteiger partial charge is 0.369 e. The molecule has 1 aliphatic carbocycles. The quantitative estimate of drug-likeness (QED) is 0.651. The van der Waals surface area contributed by atoms with Crippen molar-refractivity contribution in [3.8, 4) is 0 Å². The molecule has 2 N–H and O–H groups in total. The maximum absolute atomic E-state index is 10.8. The summed E-state index contributed by atoms with van der Waals surface area (Å²) in [7, 11) is 0. The summed E-state index contributed by atoms with van der Waals surface area (Å²) in [6.45, 7) is 2.12. The van der Waals surface area contributed by atoms with Gasteiger partial charge in [-0.1, -0.05) is 19.8 Å². The van der Waals surface area contributed by atoms with E-state index in [0.29, 0.717) is 5.92 Å². The first kappa shape index (κ1) is 10.8. The molecule has 2 atom stereocenters. The molecule has 0 aromatic heterocycles. The van der Waals surface area contributed by atoms with E-state index < -0.39 is 0 Å². The lowest BCUT2D eigenvalue weighted by Crippen LogP contribution is -2.30. The molecule has 0 unspecified atom stereocenters. The van der Waals surface area contributed by atoms with E-state index in [1.165, 1.54) is 19.3 Å². The van der Waals surface area contributed by atoms with Crippen molar-refractivity contribution in [3.63, 3.8) is 0 Å². The smallest absolute Gasteiger partial charge is 0.220 e. The number of rotatable bonds is 1.